The maximum Gasteiger partial charge on any atom is 0.139 e. The van der Waals surface area contributed by atoms with Crippen LogP contribution in [-0.4, -0.2) is 17.0 Å². The fourth-order valence-corrected chi connectivity index (χ4v) is 2.67. The van der Waals surface area contributed by atoms with Crippen LogP contribution in [0.25, 0.3) is 0 Å². The van der Waals surface area contributed by atoms with E-state index in [9.17, 15) is 0 Å². The third-order valence-electron chi connectivity index (χ3n) is 3.52. The van der Waals surface area contributed by atoms with E-state index in [1.165, 1.54) is 12.8 Å². The summed E-state index contributed by atoms with van der Waals surface area (Å²) in [5, 5.41) is 7.13. The summed E-state index contributed by atoms with van der Waals surface area (Å²) in [6.45, 7) is 2.00. The number of nitrogens with one attached hydrogen (secondary N) is 2. The Kier molecular flexibility index (Phi) is 4.04. The van der Waals surface area contributed by atoms with Gasteiger partial charge in [0.1, 0.15) is 17.5 Å². The van der Waals surface area contributed by atoms with Gasteiger partial charge < -0.3 is 10.6 Å². The van der Waals surface area contributed by atoms with Crippen molar-refractivity contribution in [2.75, 3.05) is 17.7 Å². The van der Waals surface area contributed by atoms with Gasteiger partial charge in [0, 0.05) is 23.0 Å². The first-order valence-electron chi connectivity index (χ1n) is 6.87. The van der Waals surface area contributed by atoms with Crippen molar-refractivity contribution in [3.8, 4) is 0 Å². The smallest absolute Gasteiger partial charge is 0.139 e. The molecule has 0 aliphatic heterocycles. The Morgan fingerprint density at radius 3 is 2.62 bits per heavy atom. The van der Waals surface area contributed by atoms with Crippen LogP contribution >= 0.6 is 27.5 Å². The molecule has 1 fully saturated rings. The minimum atomic E-state index is 0.497. The van der Waals surface area contributed by atoms with E-state index in [-0.39, 0.29) is 0 Å². The molecule has 1 aliphatic rings. The molecule has 1 aliphatic carbocycles. The topological polar surface area (TPSA) is 49.8 Å². The molecule has 0 amide bonds. The van der Waals surface area contributed by atoms with Gasteiger partial charge in [-0.15, -0.1) is 0 Å². The van der Waals surface area contributed by atoms with Crippen LogP contribution in [-0.2, 0) is 0 Å². The number of hydrogen-bond donors (Lipinski definition) is 2. The molecule has 1 aromatic heterocycles. The van der Waals surface area contributed by atoms with E-state index in [1.54, 1.807) is 0 Å². The van der Waals surface area contributed by atoms with Crippen LogP contribution in [0, 0.1) is 6.92 Å². The normalized spacial score (nSPS) is 14.1. The Hall–Kier alpha value is -1.33. The fourth-order valence-electron chi connectivity index (χ4n) is 2.14. The lowest BCUT2D eigenvalue weighted by atomic mass is 10.2. The molecule has 110 valence electrons. The van der Waals surface area contributed by atoms with Gasteiger partial charge in [-0.1, -0.05) is 27.5 Å². The Labute approximate surface area is 137 Å². The zero-order chi connectivity index (χ0) is 15.0. The highest BCUT2D eigenvalue weighted by Gasteiger charge is 2.28. The molecule has 4 nitrogen and oxygen atoms in total. The average molecular weight is 368 g/mol. The predicted molar refractivity (Wildman–Crippen MR) is 90.7 cm³/mol. The Bertz CT molecular complexity index is 686. The third kappa shape index (κ3) is 3.14. The molecule has 21 heavy (non-hydrogen) atoms. The molecule has 0 unspecified atom stereocenters. The van der Waals surface area contributed by atoms with Crippen LogP contribution < -0.4 is 10.6 Å². The Morgan fingerprint density at radius 2 is 1.95 bits per heavy atom. The van der Waals surface area contributed by atoms with Gasteiger partial charge in [-0.2, -0.15) is 0 Å². The maximum atomic E-state index is 6.24. The summed E-state index contributed by atoms with van der Waals surface area (Å²) in [4.78, 5) is 9.26. The van der Waals surface area contributed by atoms with Crippen molar-refractivity contribution in [2.24, 2.45) is 0 Å². The third-order valence-corrected chi connectivity index (χ3v) is 4.35. The van der Waals surface area contributed by atoms with Crippen molar-refractivity contribution < 1.29 is 0 Å². The van der Waals surface area contributed by atoms with Gasteiger partial charge in [0.15, 0.2) is 0 Å². The predicted octanol–water partition coefficient (Wildman–Crippen LogP) is 4.86. The van der Waals surface area contributed by atoms with E-state index in [0.29, 0.717) is 10.9 Å². The van der Waals surface area contributed by atoms with Crippen LogP contribution in [0.2, 0.25) is 5.02 Å². The highest BCUT2D eigenvalue weighted by molar-refractivity contribution is 9.10. The number of aromatic nitrogens is 2. The monoisotopic (exact) mass is 366 g/mol. The van der Waals surface area contributed by atoms with Crippen molar-refractivity contribution in [2.45, 2.75) is 25.7 Å². The van der Waals surface area contributed by atoms with Crippen molar-refractivity contribution in [1.82, 2.24) is 9.97 Å². The lowest BCUT2D eigenvalue weighted by Gasteiger charge is -2.14. The molecule has 3 rings (SSSR count). The summed E-state index contributed by atoms with van der Waals surface area (Å²) in [5.74, 6) is 3.06. The van der Waals surface area contributed by atoms with E-state index in [0.717, 1.165) is 33.2 Å². The molecule has 6 heteroatoms. The molecule has 1 saturated carbocycles. The minimum Gasteiger partial charge on any atom is -0.373 e. The number of nitrogens with zero attached hydrogens (tertiary/aromatic N) is 2. The van der Waals surface area contributed by atoms with Crippen molar-refractivity contribution in [3.63, 3.8) is 0 Å². The van der Waals surface area contributed by atoms with Gasteiger partial charge >= 0.3 is 0 Å². The lowest BCUT2D eigenvalue weighted by molar-refractivity contribution is 0.924. The molecular formula is C15H16BrClN4. The highest BCUT2D eigenvalue weighted by atomic mass is 79.9. The van der Waals surface area contributed by atoms with Crippen LogP contribution in [0.4, 0.5) is 17.3 Å². The number of hydrogen-bond acceptors (Lipinski definition) is 4. The SMILES string of the molecule is CNc1nc(C2CC2)nc(Nc2cc(Br)ccc2Cl)c1C. The van der Waals surface area contributed by atoms with Crippen molar-refractivity contribution >= 4 is 44.9 Å². The number of benzene rings is 1. The summed E-state index contributed by atoms with van der Waals surface area (Å²) in [6, 6.07) is 5.71. The van der Waals surface area contributed by atoms with E-state index in [4.69, 9.17) is 11.6 Å². The first-order chi connectivity index (χ1) is 10.1. The molecule has 0 spiro atoms. The van der Waals surface area contributed by atoms with Gasteiger partial charge in [-0.3, -0.25) is 0 Å². The zero-order valence-corrected chi connectivity index (χ0v) is 14.2. The van der Waals surface area contributed by atoms with E-state index in [2.05, 4.69) is 36.5 Å². The average Bonchev–Trinajstić information content (AvgIpc) is 3.29. The van der Waals surface area contributed by atoms with E-state index in [1.807, 2.05) is 32.2 Å². The zero-order valence-electron chi connectivity index (χ0n) is 11.9. The molecule has 0 atom stereocenters. The first-order valence-corrected chi connectivity index (χ1v) is 8.04. The molecule has 1 heterocycles. The van der Waals surface area contributed by atoms with Crippen LogP contribution in [0.3, 0.4) is 0 Å². The lowest BCUT2D eigenvalue weighted by Crippen LogP contribution is -2.07. The summed E-state index contributed by atoms with van der Waals surface area (Å²) >= 11 is 9.70. The van der Waals surface area contributed by atoms with E-state index < -0.39 is 0 Å². The Morgan fingerprint density at radius 1 is 1.24 bits per heavy atom. The first kappa shape index (κ1) is 14.6. The van der Waals surface area contributed by atoms with Crippen LogP contribution in [0.5, 0.6) is 0 Å². The highest BCUT2D eigenvalue weighted by Crippen LogP contribution is 2.40. The Balaban J connectivity index is 2.00. The van der Waals surface area contributed by atoms with Gasteiger partial charge in [-0.25, -0.2) is 9.97 Å². The second-order valence-corrected chi connectivity index (χ2v) is 6.50. The van der Waals surface area contributed by atoms with Gasteiger partial charge in [0.25, 0.3) is 0 Å². The second-order valence-electron chi connectivity index (χ2n) is 5.18. The van der Waals surface area contributed by atoms with Gasteiger partial charge in [-0.05, 0) is 38.0 Å². The molecule has 2 N–H and O–H groups in total. The summed E-state index contributed by atoms with van der Waals surface area (Å²) in [5.41, 5.74) is 1.81. The minimum absolute atomic E-state index is 0.497. The van der Waals surface area contributed by atoms with Gasteiger partial charge in [0.05, 0.1) is 10.7 Å². The standard InChI is InChI=1S/C15H16BrClN4/c1-8-13(18-2)20-15(9-3-4-9)21-14(8)19-12-7-10(16)5-6-11(12)17/h5-7,9H,3-4H2,1-2H3,(H2,18,19,20,21). The second kappa shape index (κ2) is 5.81. The van der Waals surface area contributed by atoms with Gasteiger partial charge in [0.2, 0.25) is 0 Å². The number of anilines is 3. The van der Waals surface area contributed by atoms with E-state index >= 15 is 0 Å². The molecule has 0 bridgehead atoms. The molecule has 2 aromatic rings. The largest absolute Gasteiger partial charge is 0.373 e. The van der Waals surface area contributed by atoms with Crippen molar-refractivity contribution in [3.05, 3.63) is 39.1 Å². The fraction of sp³-hybridized carbons (Fsp3) is 0.333. The van der Waals surface area contributed by atoms with Crippen molar-refractivity contribution in [1.29, 1.82) is 0 Å². The molecule has 0 radical (unpaired) electrons. The number of rotatable bonds is 4. The summed E-state index contributed by atoms with van der Waals surface area (Å²) in [7, 11) is 1.88. The number of halogens is 2. The summed E-state index contributed by atoms with van der Waals surface area (Å²) in [6.07, 6.45) is 2.34. The maximum absolute atomic E-state index is 6.24. The molecule has 0 saturated heterocycles. The molecular weight excluding hydrogens is 352 g/mol. The van der Waals surface area contributed by atoms with Crippen LogP contribution in [0.1, 0.15) is 30.1 Å². The quantitative estimate of drug-likeness (QED) is 0.810. The molecule has 1 aromatic carbocycles. The van der Waals surface area contributed by atoms with Crippen LogP contribution in [0.15, 0.2) is 22.7 Å². The summed E-state index contributed by atoms with van der Waals surface area (Å²) < 4.78 is 0.970.